The lowest BCUT2D eigenvalue weighted by Gasteiger charge is -2.14. The summed E-state index contributed by atoms with van der Waals surface area (Å²) in [7, 11) is 1.65. The quantitative estimate of drug-likeness (QED) is 0.727. The van der Waals surface area contributed by atoms with Gasteiger partial charge in [-0.3, -0.25) is 0 Å². The van der Waals surface area contributed by atoms with Gasteiger partial charge in [0.2, 0.25) is 0 Å². The molecule has 2 rings (SSSR count). The molecule has 0 bridgehead atoms. The van der Waals surface area contributed by atoms with E-state index in [-0.39, 0.29) is 10.6 Å². The topological polar surface area (TPSA) is 9.23 Å². The van der Waals surface area contributed by atoms with Crippen molar-refractivity contribution >= 4 is 15.9 Å². The molecule has 3 heteroatoms. The molecule has 0 spiro atoms. The Bertz CT molecular complexity index is 572. The molecular formula is C16H16BrFO. The molecule has 2 aromatic carbocycles. The van der Waals surface area contributed by atoms with Crippen molar-refractivity contribution in [3.63, 3.8) is 0 Å². The van der Waals surface area contributed by atoms with Crippen molar-refractivity contribution in [2.24, 2.45) is 0 Å². The predicted molar refractivity (Wildman–Crippen MR) is 79.6 cm³/mol. The summed E-state index contributed by atoms with van der Waals surface area (Å²) in [6.07, 6.45) is 0. The number of alkyl halides is 1. The highest BCUT2D eigenvalue weighted by atomic mass is 79.9. The molecule has 0 aliphatic carbocycles. The van der Waals surface area contributed by atoms with Crippen molar-refractivity contribution in [3.8, 4) is 5.75 Å². The third-order valence-electron chi connectivity index (χ3n) is 3.14. The van der Waals surface area contributed by atoms with Crippen molar-refractivity contribution in [1.29, 1.82) is 0 Å². The first-order chi connectivity index (χ1) is 9.02. The van der Waals surface area contributed by atoms with Crippen molar-refractivity contribution in [2.75, 3.05) is 7.11 Å². The minimum absolute atomic E-state index is 0.0283. The monoisotopic (exact) mass is 322 g/mol. The molecule has 2 aromatic rings. The summed E-state index contributed by atoms with van der Waals surface area (Å²) < 4.78 is 18.9. The molecule has 1 atom stereocenters. The molecule has 1 nitrogen and oxygen atoms in total. The second-order valence-electron chi connectivity index (χ2n) is 4.61. The van der Waals surface area contributed by atoms with Crippen LogP contribution in [0.5, 0.6) is 5.75 Å². The van der Waals surface area contributed by atoms with E-state index in [1.54, 1.807) is 21.0 Å². The molecule has 0 aliphatic rings. The number of aryl methyl sites for hydroxylation is 2. The Balaban J connectivity index is 2.40. The van der Waals surface area contributed by atoms with Gasteiger partial charge >= 0.3 is 0 Å². The SMILES string of the molecule is COc1cccc(C(Br)c2cc(C)c(F)c(C)c2)c1. The zero-order chi connectivity index (χ0) is 14.0. The maximum atomic E-state index is 13.7. The first-order valence-electron chi connectivity index (χ1n) is 6.07. The molecule has 0 radical (unpaired) electrons. The Labute approximate surface area is 121 Å². The van der Waals surface area contributed by atoms with Crippen LogP contribution in [0.15, 0.2) is 36.4 Å². The van der Waals surface area contributed by atoms with Crippen LogP contribution in [0, 0.1) is 19.7 Å². The summed E-state index contributed by atoms with van der Waals surface area (Å²) >= 11 is 3.67. The summed E-state index contributed by atoms with van der Waals surface area (Å²) in [6.45, 7) is 3.58. The van der Waals surface area contributed by atoms with E-state index in [0.29, 0.717) is 11.1 Å². The summed E-state index contributed by atoms with van der Waals surface area (Å²) in [5, 5.41) is 0. The normalized spacial score (nSPS) is 12.3. The molecule has 0 saturated carbocycles. The maximum Gasteiger partial charge on any atom is 0.129 e. The van der Waals surface area contributed by atoms with Crippen LogP contribution in [0.2, 0.25) is 0 Å². The highest BCUT2D eigenvalue weighted by molar-refractivity contribution is 9.09. The van der Waals surface area contributed by atoms with E-state index in [9.17, 15) is 4.39 Å². The van der Waals surface area contributed by atoms with Gasteiger partial charge in [0.1, 0.15) is 11.6 Å². The van der Waals surface area contributed by atoms with Crippen molar-refractivity contribution in [1.82, 2.24) is 0 Å². The van der Waals surface area contributed by atoms with E-state index in [4.69, 9.17) is 4.74 Å². The van der Waals surface area contributed by atoms with E-state index in [0.717, 1.165) is 16.9 Å². The van der Waals surface area contributed by atoms with E-state index >= 15 is 0 Å². The largest absolute Gasteiger partial charge is 0.497 e. The molecule has 100 valence electrons. The number of halogens is 2. The lowest BCUT2D eigenvalue weighted by molar-refractivity contribution is 0.414. The molecule has 19 heavy (non-hydrogen) atoms. The fourth-order valence-corrected chi connectivity index (χ4v) is 2.67. The highest BCUT2D eigenvalue weighted by Crippen LogP contribution is 2.34. The smallest absolute Gasteiger partial charge is 0.129 e. The Morgan fingerprint density at radius 3 is 2.26 bits per heavy atom. The van der Waals surface area contributed by atoms with Gasteiger partial charge in [0.25, 0.3) is 0 Å². The molecule has 0 aliphatic heterocycles. The van der Waals surface area contributed by atoms with Gasteiger partial charge in [0.15, 0.2) is 0 Å². The summed E-state index contributed by atoms with van der Waals surface area (Å²) in [5.74, 6) is 0.687. The lowest BCUT2D eigenvalue weighted by atomic mass is 10.00. The van der Waals surface area contributed by atoms with Gasteiger partial charge < -0.3 is 4.74 Å². The number of rotatable bonds is 3. The number of hydrogen-bond donors (Lipinski definition) is 0. The maximum absolute atomic E-state index is 13.7. The number of hydrogen-bond acceptors (Lipinski definition) is 1. The van der Waals surface area contributed by atoms with Gasteiger partial charge in [-0.2, -0.15) is 0 Å². The number of benzene rings is 2. The second-order valence-corrected chi connectivity index (χ2v) is 5.52. The third-order valence-corrected chi connectivity index (χ3v) is 4.20. The molecule has 1 unspecified atom stereocenters. The van der Waals surface area contributed by atoms with Gasteiger partial charge in [0.05, 0.1) is 11.9 Å². The third kappa shape index (κ3) is 2.98. The molecule has 0 fully saturated rings. The molecule has 0 heterocycles. The van der Waals surface area contributed by atoms with Crippen LogP contribution in [0.1, 0.15) is 27.1 Å². The average Bonchev–Trinajstić information content (AvgIpc) is 2.43. The van der Waals surface area contributed by atoms with Crippen LogP contribution in [-0.4, -0.2) is 7.11 Å². The minimum atomic E-state index is -0.130. The number of ether oxygens (including phenoxy) is 1. The predicted octanol–water partition coefficient (Wildman–Crippen LogP) is 4.94. The molecule has 0 N–H and O–H groups in total. The Hall–Kier alpha value is -1.35. The van der Waals surface area contributed by atoms with Gasteiger partial charge in [-0.25, -0.2) is 4.39 Å². The fourth-order valence-electron chi connectivity index (χ4n) is 2.12. The van der Waals surface area contributed by atoms with Gasteiger partial charge in [-0.05, 0) is 48.2 Å². The number of methoxy groups -OCH3 is 1. The second kappa shape index (κ2) is 5.74. The van der Waals surface area contributed by atoms with E-state index in [1.165, 1.54) is 0 Å². The summed E-state index contributed by atoms with van der Waals surface area (Å²) in [6, 6.07) is 11.6. The van der Waals surface area contributed by atoms with Crippen LogP contribution in [0.4, 0.5) is 4.39 Å². The molecule has 0 amide bonds. The standard InChI is InChI=1S/C16H16BrFO/c1-10-7-13(8-11(2)16(10)18)15(17)12-5-4-6-14(9-12)19-3/h4-9,15H,1-3H3. The van der Waals surface area contributed by atoms with E-state index in [1.807, 2.05) is 36.4 Å². The van der Waals surface area contributed by atoms with Crippen LogP contribution in [0.25, 0.3) is 0 Å². The zero-order valence-corrected chi connectivity index (χ0v) is 12.8. The van der Waals surface area contributed by atoms with Gasteiger partial charge in [-0.1, -0.05) is 40.2 Å². The Morgan fingerprint density at radius 2 is 1.68 bits per heavy atom. The molecule has 0 aromatic heterocycles. The first kappa shape index (κ1) is 14.1. The fraction of sp³-hybridized carbons (Fsp3) is 0.250. The Morgan fingerprint density at radius 1 is 1.05 bits per heavy atom. The van der Waals surface area contributed by atoms with E-state index in [2.05, 4.69) is 15.9 Å². The highest BCUT2D eigenvalue weighted by Gasteiger charge is 2.14. The minimum Gasteiger partial charge on any atom is -0.497 e. The summed E-state index contributed by atoms with van der Waals surface area (Å²) in [4.78, 5) is 0.0283. The van der Waals surface area contributed by atoms with Crippen LogP contribution >= 0.6 is 15.9 Å². The van der Waals surface area contributed by atoms with Crippen molar-refractivity contribution in [3.05, 3.63) is 64.5 Å². The van der Waals surface area contributed by atoms with Gasteiger partial charge in [-0.15, -0.1) is 0 Å². The van der Waals surface area contributed by atoms with E-state index < -0.39 is 0 Å². The summed E-state index contributed by atoms with van der Waals surface area (Å²) in [5.41, 5.74) is 3.47. The first-order valence-corrected chi connectivity index (χ1v) is 6.99. The van der Waals surface area contributed by atoms with Gasteiger partial charge in [0, 0.05) is 0 Å². The zero-order valence-electron chi connectivity index (χ0n) is 11.2. The Kier molecular flexibility index (Phi) is 4.25. The van der Waals surface area contributed by atoms with Crippen molar-refractivity contribution < 1.29 is 9.13 Å². The van der Waals surface area contributed by atoms with Crippen molar-refractivity contribution in [2.45, 2.75) is 18.7 Å². The lowest BCUT2D eigenvalue weighted by Crippen LogP contribution is -1.97. The average molecular weight is 323 g/mol. The van der Waals surface area contributed by atoms with Crippen LogP contribution in [-0.2, 0) is 0 Å². The molecule has 0 saturated heterocycles. The van der Waals surface area contributed by atoms with Crippen LogP contribution < -0.4 is 4.74 Å². The molecular weight excluding hydrogens is 307 g/mol. The van der Waals surface area contributed by atoms with Crippen LogP contribution in [0.3, 0.4) is 0 Å².